The summed E-state index contributed by atoms with van der Waals surface area (Å²) in [6, 6.07) is 6.12. The molecule has 1 rings (SSSR count). The number of carbonyl (C=O) groups is 2. The number of carboxylic acids is 1. The fourth-order valence-corrected chi connectivity index (χ4v) is 1.53. The summed E-state index contributed by atoms with van der Waals surface area (Å²) in [4.78, 5) is 21.9. The highest BCUT2D eigenvalue weighted by atomic mass is 16.5. The first kappa shape index (κ1) is 14.8. The number of ether oxygens (including phenoxy) is 1. The molecule has 1 aromatic carbocycles. The molecule has 2 amide bonds. The first-order chi connectivity index (χ1) is 9.04. The lowest BCUT2D eigenvalue weighted by molar-refractivity contribution is -0.138. The normalized spacial score (nSPS) is 11.5. The number of nitrogens with one attached hydrogen (secondary N) is 2. The predicted octanol–water partition coefficient (Wildman–Crippen LogP) is 1.01. The molecule has 1 atom stereocenters. The topological polar surface area (TPSA) is 87.7 Å². The molecule has 0 aromatic heterocycles. The van der Waals surface area contributed by atoms with Gasteiger partial charge in [-0.05, 0) is 25.0 Å². The van der Waals surface area contributed by atoms with E-state index < -0.39 is 18.0 Å². The lowest BCUT2D eigenvalue weighted by Crippen LogP contribution is -2.44. The minimum Gasteiger partial charge on any atom is -0.496 e. The van der Waals surface area contributed by atoms with Gasteiger partial charge in [-0.1, -0.05) is 18.2 Å². The van der Waals surface area contributed by atoms with Crippen molar-refractivity contribution in [3.05, 3.63) is 29.8 Å². The molecule has 1 aromatic rings. The van der Waals surface area contributed by atoms with Gasteiger partial charge in [-0.15, -0.1) is 0 Å². The molecule has 0 spiro atoms. The van der Waals surface area contributed by atoms with Gasteiger partial charge in [0, 0.05) is 6.54 Å². The highest BCUT2D eigenvalue weighted by Gasteiger charge is 2.13. The van der Waals surface area contributed by atoms with Crippen molar-refractivity contribution in [1.82, 2.24) is 10.6 Å². The van der Waals surface area contributed by atoms with E-state index in [1.54, 1.807) is 7.11 Å². The van der Waals surface area contributed by atoms with Crippen molar-refractivity contribution in [1.29, 1.82) is 0 Å². The third kappa shape index (κ3) is 4.87. The third-order valence-corrected chi connectivity index (χ3v) is 2.59. The van der Waals surface area contributed by atoms with Crippen LogP contribution in [0.2, 0.25) is 0 Å². The highest BCUT2D eigenvalue weighted by Crippen LogP contribution is 2.17. The van der Waals surface area contributed by atoms with Crippen molar-refractivity contribution < 1.29 is 19.4 Å². The number of benzene rings is 1. The first-order valence-electron chi connectivity index (χ1n) is 5.93. The fraction of sp³-hybridized carbons (Fsp3) is 0.385. The van der Waals surface area contributed by atoms with E-state index in [2.05, 4.69) is 10.6 Å². The van der Waals surface area contributed by atoms with Crippen LogP contribution >= 0.6 is 0 Å². The van der Waals surface area contributed by atoms with Gasteiger partial charge in [-0.2, -0.15) is 0 Å². The van der Waals surface area contributed by atoms with E-state index >= 15 is 0 Å². The van der Waals surface area contributed by atoms with Crippen LogP contribution in [0.25, 0.3) is 0 Å². The molecule has 0 saturated carbocycles. The van der Waals surface area contributed by atoms with E-state index in [1.165, 1.54) is 6.92 Å². The molecular formula is C13H18N2O4. The van der Waals surface area contributed by atoms with Crippen molar-refractivity contribution in [2.24, 2.45) is 0 Å². The Labute approximate surface area is 111 Å². The number of hydrogen-bond acceptors (Lipinski definition) is 3. The molecule has 0 fully saturated rings. The highest BCUT2D eigenvalue weighted by molar-refractivity contribution is 5.82. The number of carbonyl (C=O) groups excluding carboxylic acids is 1. The van der Waals surface area contributed by atoms with Crippen molar-refractivity contribution in [3.8, 4) is 5.75 Å². The lowest BCUT2D eigenvalue weighted by Gasteiger charge is -2.11. The summed E-state index contributed by atoms with van der Waals surface area (Å²) < 4.78 is 5.19. The van der Waals surface area contributed by atoms with Gasteiger partial charge in [0.15, 0.2) is 0 Å². The van der Waals surface area contributed by atoms with Gasteiger partial charge in [0.25, 0.3) is 0 Å². The smallest absolute Gasteiger partial charge is 0.325 e. The van der Waals surface area contributed by atoms with Crippen molar-refractivity contribution in [2.45, 2.75) is 19.4 Å². The maximum Gasteiger partial charge on any atom is 0.325 e. The summed E-state index contributed by atoms with van der Waals surface area (Å²) in [6.45, 7) is 1.81. The van der Waals surface area contributed by atoms with Crippen LogP contribution in [0.4, 0.5) is 4.79 Å². The van der Waals surface area contributed by atoms with E-state index in [1.807, 2.05) is 24.3 Å². The van der Waals surface area contributed by atoms with Gasteiger partial charge in [-0.3, -0.25) is 4.79 Å². The number of hydrogen-bond donors (Lipinski definition) is 3. The zero-order valence-corrected chi connectivity index (χ0v) is 11.0. The summed E-state index contributed by atoms with van der Waals surface area (Å²) in [6.07, 6.45) is 0.610. The predicted molar refractivity (Wildman–Crippen MR) is 70.3 cm³/mol. The zero-order chi connectivity index (χ0) is 14.3. The van der Waals surface area contributed by atoms with Crippen molar-refractivity contribution >= 4 is 12.0 Å². The Bertz CT molecular complexity index is 448. The Hall–Kier alpha value is -2.24. The largest absolute Gasteiger partial charge is 0.496 e. The van der Waals surface area contributed by atoms with Crippen molar-refractivity contribution in [2.75, 3.05) is 13.7 Å². The number of urea groups is 1. The second kappa shape index (κ2) is 7.25. The molecule has 0 aliphatic carbocycles. The summed E-state index contributed by atoms with van der Waals surface area (Å²) >= 11 is 0. The second-order valence-electron chi connectivity index (χ2n) is 4.02. The van der Waals surface area contributed by atoms with Gasteiger partial charge >= 0.3 is 12.0 Å². The summed E-state index contributed by atoms with van der Waals surface area (Å²) in [5.74, 6) is -0.302. The van der Waals surface area contributed by atoms with Gasteiger partial charge < -0.3 is 20.5 Å². The van der Waals surface area contributed by atoms with Crippen LogP contribution in [0.5, 0.6) is 5.75 Å². The van der Waals surface area contributed by atoms with Gasteiger partial charge in [-0.25, -0.2) is 4.79 Å². The Morgan fingerprint density at radius 1 is 1.37 bits per heavy atom. The number of carboxylic acid groups (broad SMARTS) is 1. The minimum atomic E-state index is -1.07. The van der Waals surface area contributed by atoms with Gasteiger partial charge in [0.05, 0.1) is 7.11 Å². The summed E-state index contributed by atoms with van der Waals surface area (Å²) in [5.41, 5.74) is 0.983. The van der Waals surface area contributed by atoms with Crippen LogP contribution in [0.1, 0.15) is 12.5 Å². The molecule has 104 valence electrons. The molecule has 6 heteroatoms. The Morgan fingerprint density at radius 3 is 2.68 bits per heavy atom. The molecule has 0 aliphatic heterocycles. The van der Waals surface area contributed by atoms with Gasteiger partial charge in [0.2, 0.25) is 0 Å². The molecule has 0 unspecified atom stereocenters. The van der Waals surface area contributed by atoms with Crippen LogP contribution in [0, 0.1) is 0 Å². The molecule has 3 N–H and O–H groups in total. The molecule has 0 bridgehead atoms. The number of rotatable bonds is 6. The number of aliphatic carboxylic acids is 1. The van der Waals surface area contributed by atoms with E-state index in [-0.39, 0.29) is 0 Å². The van der Waals surface area contributed by atoms with E-state index in [0.29, 0.717) is 13.0 Å². The standard InChI is InChI=1S/C13H18N2O4/c1-9(12(16)17)15-13(18)14-8-7-10-5-3-4-6-11(10)19-2/h3-6,9H,7-8H2,1-2H3,(H,16,17)(H2,14,15,18)/t9-/m1/s1. The van der Waals surface area contributed by atoms with E-state index in [4.69, 9.17) is 9.84 Å². The minimum absolute atomic E-state index is 0.401. The van der Waals surface area contributed by atoms with Crippen LogP contribution in [0.15, 0.2) is 24.3 Å². The molecule has 19 heavy (non-hydrogen) atoms. The van der Waals surface area contributed by atoms with E-state index in [0.717, 1.165) is 11.3 Å². The van der Waals surface area contributed by atoms with Crippen LogP contribution in [-0.2, 0) is 11.2 Å². The maximum absolute atomic E-state index is 11.4. The quantitative estimate of drug-likeness (QED) is 0.717. The van der Waals surface area contributed by atoms with Crippen molar-refractivity contribution in [3.63, 3.8) is 0 Å². The van der Waals surface area contributed by atoms with E-state index in [9.17, 15) is 9.59 Å². The fourth-order valence-electron chi connectivity index (χ4n) is 1.53. The molecule has 6 nitrogen and oxygen atoms in total. The molecular weight excluding hydrogens is 248 g/mol. The summed E-state index contributed by atoms with van der Waals surface area (Å²) in [5, 5.41) is 13.6. The van der Waals surface area contributed by atoms with Gasteiger partial charge in [0.1, 0.15) is 11.8 Å². The second-order valence-corrected chi connectivity index (χ2v) is 4.02. The third-order valence-electron chi connectivity index (χ3n) is 2.59. The molecule has 0 aliphatic rings. The Morgan fingerprint density at radius 2 is 2.05 bits per heavy atom. The molecule has 0 radical (unpaired) electrons. The maximum atomic E-state index is 11.4. The SMILES string of the molecule is COc1ccccc1CCNC(=O)N[C@H](C)C(=O)O. The Balaban J connectivity index is 2.38. The number of para-hydroxylation sites is 1. The first-order valence-corrected chi connectivity index (χ1v) is 5.93. The molecule has 0 heterocycles. The monoisotopic (exact) mass is 266 g/mol. The van der Waals surface area contributed by atoms with Crippen LogP contribution in [-0.4, -0.2) is 36.8 Å². The lowest BCUT2D eigenvalue weighted by atomic mass is 10.1. The van der Waals surface area contributed by atoms with Crippen LogP contribution in [0.3, 0.4) is 0 Å². The average Bonchev–Trinajstić information content (AvgIpc) is 2.39. The average molecular weight is 266 g/mol. The Kier molecular flexibility index (Phi) is 5.66. The number of amides is 2. The summed E-state index contributed by atoms with van der Waals surface area (Å²) in [7, 11) is 1.59. The number of methoxy groups -OCH3 is 1. The molecule has 0 saturated heterocycles. The zero-order valence-electron chi connectivity index (χ0n) is 11.0. The van der Waals surface area contributed by atoms with Crippen LogP contribution < -0.4 is 15.4 Å².